The summed E-state index contributed by atoms with van der Waals surface area (Å²) in [6.45, 7) is 5.60. The van der Waals surface area contributed by atoms with Crippen molar-refractivity contribution in [2.75, 3.05) is 6.26 Å². The highest BCUT2D eigenvalue weighted by Gasteiger charge is 2.08. The summed E-state index contributed by atoms with van der Waals surface area (Å²) in [5.41, 5.74) is 2.58. The molecule has 0 unspecified atom stereocenters. The molecule has 0 atom stereocenters. The Morgan fingerprint density at radius 3 is 2.25 bits per heavy atom. The number of halogens is 1. The van der Waals surface area contributed by atoms with Crippen molar-refractivity contribution in [2.45, 2.75) is 25.7 Å². The maximum Gasteiger partial charge on any atom is 0.129 e. The van der Waals surface area contributed by atoms with E-state index in [0.717, 1.165) is 16.7 Å². The molecule has 0 nitrogen and oxygen atoms in total. The third kappa shape index (κ3) is 1.48. The highest BCUT2D eigenvalue weighted by molar-refractivity contribution is 7.98. The Morgan fingerprint density at radius 1 is 1.17 bits per heavy atom. The van der Waals surface area contributed by atoms with Gasteiger partial charge < -0.3 is 0 Å². The van der Waals surface area contributed by atoms with Gasteiger partial charge in [0.25, 0.3) is 0 Å². The van der Waals surface area contributed by atoms with Crippen molar-refractivity contribution in [3.05, 3.63) is 28.6 Å². The van der Waals surface area contributed by atoms with Crippen LogP contribution in [-0.2, 0) is 0 Å². The molecule has 12 heavy (non-hydrogen) atoms. The molecule has 66 valence electrons. The van der Waals surface area contributed by atoms with Crippen LogP contribution in [0.15, 0.2) is 11.0 Å². The molecule has 1 aromatic carbocycles. The summed E-state index contributed by atoms with van der Waals surface area (Å²) in [4.78, 5) is 1.17. The first kappa shape index (κ1) is 9.59. The highest BCUT2D eigenvalue weighted by Crippen LogP contribution is 2.26. The molecular weight excluding hydrogens is 171 g/mol. The summed E-state index contributed by atoms with van der Waals surface area (Å²) >= 11 is 1.67. The minimum atomic E-state index is -0.0645. The molecule has 0 saturated carbocycles. The fraction of sp³-hybridized carbons (Fsp3) is 0.400. The Bertz CT molecular complexity index is 305. The van der Waals surface area contributed by atoms with Gasteiger partial charge in [-0.25, -0.2) is 4.39 Å². The van der Waals surface area contributed by atoms with Gasteiger partial charge >= 0.3 is 0 Å². The second-order valence-corrected chi connectivity index (χ2v) is 3.81. The van der Waals surface area contributed by atoms with E-state index in [-0.39, 0.29) is 5.82 Å². The Balaban J connectivity index is 3.39. The number of rotatable bonds is 1. The molecule has 1 aromatic rings. The van der Waals surface area contributed by atoms with Crippen LogP contribution in [0.1, 0.15) is 16.7 Å². The fourth-order valence-corrected chi connectivity index (χ4v) is 1.98. The van der Waals surface area contributed by atoms with Gasteiger partial charge in [-0.15, -0.1) is 11.8 Å². The second-order valence-electron chi connectivity index (χ2n) is 2.96. The zero-order valence-corrected chi connectivity index (χ0v) is 8.68. The van der Waals surface area contributed by atoms with Gasteiger partial charge in [0.15, 0.2) is 0 Å². The Kier molecular flexibility index (Phi) is 2.78. The van der Waals surface area contributed by atoms with Crippen LogP contribution in [0.5, 0.6) is 0 Å². The smallest absolute Gasteiger partial charge is 0.129 e. The lowest BCUT2D eigenvalue weighted by Crippen LogP contribution is -1.93. The number of aryl methyl sites for hydroxylation is 1. The van der Waals surface area contributed by atoms with Gasteiger partial charge in [-0.2, -0.15) is 0 Å². The number of hydrogen-bond donors (Lipinski definition) is 0. The SMILES string of the molecule is CSc1cc(C)c(F)c(C)c1C. The van der Waals surface area contributed by atoms with Crippen LogP contribution >= 0.6 is 11.8 Å². The predicted molar refractivity (Wildman–Crippen MR) is 52.4 cm³/mol. The molecule has 0 N–H and O–H groups in total. The van der Waals surface area contributed by atoms with E-state index >= 15 is 0 Å². The van der Waals surface area contributed by atoms with E-state index in [1.54, 1.807) is 11.8 Å². The summed E-state index contributed by atoms with van der Waals surface area (Å²) in [6, 6.07) is 1.91. The van der Waals surface area contributed by atoms with Crippen LogP contribution in [0.2, 0.25) is 0 Å². The number of hydrogen-bond acceptors (Lipinski definition) is 1. The lowest BCUT2D eigenvalue weighted by atomic mass is 10.1. The normalized spacial score (nSPS) is 10.4. The second kappa shape index (κ2) is 3.48. The quantitative estimate of drug-likeness (QED) is 0.602. The van der Waals surface area contributed by atoms with E-state index < -0.39 is 0 Å². The van der Waals surface area contributed by atoms with Crippen molar-refractivity contribution in [1.82, 2.24) is 0 Å². The Labute approximate surface area is 77.2 Å². The Morgan fingerprint density at radius 2 is 1.75 bits per heavy atom. The van der Waals surface area contributed by atoms with E-state index in [2.05, 4.69) is 0 Å². The molecule has 0 saturated heterocycles. The first-order valence-corrected chi connectivity index (χ1v) is 5.10. The van der Waals surface area contributed by atoms with Crippen LogP contribution in [0.25, 0.3) is 0 Å². The maximum atomic E-state index is 13.3. The van der Waals surface area contributed by atoms with Crippen molar-refractivity contribution in [2.24, 2.45) is 0 Å². The molecule has 0 heterocycles. The zero-order chi connectivity index (χ0) is 9.30. The molecule has 0 spiro atoms. The van der Waals surface area contributed by atoms with E-state index in [9.17, 15) is 4.39 Å². The molecule has 0 radical (unpaired) electrons. The van der Waals surface area contributed by atoms with Gasteiger partial charge in [0.1, 0.15) is 5.82 Å². The van der Waals surface area contributed by atoms with Crippen molar-refractivity contribution >= 4 is 11.8 Å². The maximum absolute atomic E-state index is 13.3. The Hall–Kier alpha value is -0.500. The first-order chi connectivity index (χ1) is 5.57. The lowest BCUT2D eigenvalue weighted by molar-refractivity contribution is 0.605. The standard InChI is InChI=1S/C10H13FS/c1-6-5-9(12-4)7(2)8(3)10(6)11/h5H,1-4H3. The first-order valence-electron chi connectivity index (χ1n) is 3.88. The van der Waals surface area contributed by atoms with Crippen molar-refractivity contribution in [3.8, 4) is 0 Å². The molecule has 0 aliphatic heterocycles. The monoisotopic (exact) mass is 184 g/mol. The van der Waals surface area contributed by atoms with Gasteiger partial charge in [0.2, 0.25) is 0 Å². The van der Waals surface area contributed by atoms with Gasteiger partial charge in [-0.3, -0.25) is 0 Å². The summed E-state index contributed by atoms with van der Waals surface area (Å²) in [6.07, 6.45) is 2.01. The average molecular weight is 184 g/mol. The summed E-state index contributed by atoms with van der Waals surface area (Å²) in [5, 5.41) is 0. The molecule has 1 rings (SSSR count). The number of thioether (sulfide) groups is 1. The summed E-state index contributed by atoms with van der Waals surface area (Å²) in [5.74, 6) is -0.0645. The van der Waals surface area contributed by atoms with E-state index in [4.69, 9.17) is 0 Å². The van der Waals surface area contributed by atoms with Crippen molar-refractivity contribution in [3.63, 3.8) is 0 Å². The van der Waals surface area contributed by atoms with Crippen LogP contribution < -0.4 is 0 Å². The van der Waals surface area contributed by atoms with Gasteiger partial charge in [0, 0.05) is 4.90 Å². The van der Waals surface area contributed by atoms with Crippen LogP contribution in [0, 0.1) is 26.6 Å². The molecule has 2 heteroatoms. The van der Waals surface area contributed by atoms with E-state index in [1.807, 2.05) is 33.1 Å². The van der Waals surface area contributed by atoms with Gasteiger partial charge in [0.05, 0.1) is 0 Å². The highest BCUT2D eigenvalue weighted by atomic mass is 32.2. The third-order valence-corrected chi connectivity index (χ3v) is 3.04. The molecule has 0 fully saturated rings. The molecule has 0 amide bonds. The van der Waals surface area contributed by atoms with Crippen molar-refractivity contribution in [1.29, 1.82) is 0 Å². The van der Waals surface area contributed by atoms with E-state index in [1.165, 1.54) is 4.90 Å². The zero-order valence-electron chi connectivity index (χ0n) is 7.86. The van der Waals surface area contributed by atoms with E-state index in [0.29, 0.717) is 0 Å². The van der Waals surface area contributed by atoms with Crippen LogP contribution in [0.4, 0.5) is 4.39 Å². The molecule has 0 bridgehead atoms. The van der Waals surface area contributed by atoms with Gasteiger partial charge in [-0.05, 0) is 49.8 Å². The minimum absolute atomic E-state index is 0.0645. The topological polar surface area (TPSA) is 0 Å². The molecule has 0 aromatic heterocycles. The number of benzene rings is 1. The fourth-order valence-electron chi connectivity index (χ4n) is 1.23. The lowest BCUT2D eigenvalue weighted by Gasteiger charge is -2.09. The summed E-state index contributed by atoms with van der Waals surface area (Å²) < 4.78 is 13.3. The molecular formula is C10H13FS. The largest absolute Gasteiger partial charge is 0.206 e. The van der Waals surface area contributed by atoms with Crippen LogP contribution in [0.3, 0.4) is 0 Å². The van der Waals surface area contributed by atoms with Gasteiger partial charge in [-0.1, -0.05) is 0 Å². The minimum Gasteiger partial charge on any atom is -0.206 e. The van der Waals surface area contributed by atoms with Crippen molar-refractivity contribution < 1.29 is 4.39 Å². The average Bonchev–Trinajstić information content (AvgIpc) is 2.08. The summed E-state index contributed by atoms with van der Waals surface area (Å²) in [7, 11) is 0. The predicted octanol–water partition coefficient (Wildman–Crippen LogP) is 3.47. The molecule has 0 aliphatic carbocycles. The van der Waals surface area contributed by atoms with Crippen LogP contribution in [-0.4, -0.2) is 6.26 Å². The molecule has 0 aliphatic rings. The third-order valence-electron chi connectivity index (χ3n) is 2.18.